The summed E-state index contributed by atoms with van der Waals surface area (Å²) in [4.78, 5) is 29.6. The summed E-state index contributed by atoms with van der Waals surface area (Å²) in [5.41, 5.74) is 2.93. The molecule has 43 heavy (non-hydrogen) atoms. The Hall–Kier alpha value is -3.36. The van der Waals surface area contributed by atoms with Gasteiger partial charge >= 0.3 is 0 Å². The van der Waals surface area contributed by atoms with Crippen LogP contribution >= 0.6 is 11.6 Å². The van der Waals surface area contributed by atoms with Gasteiger partial charge in [0.15, 0.2) is 0 Å². The SMILES string of the molecule is CC[C@H](C(=O)NC1CCCCC1)N(CCc1ccccc1)C(=O)CN(c1cc(Cl)ccc1C)S(=O)(=O)c1ccc(C)cc1. The molecule has 9 heteroatoms. The van der Waals surface area contributed by atoms with Crippen LogP contribution in [-0.2, 0) is 26.0 Å². The molecule has 0 radical (unpaired) electrons. The first-order valence-corrected chi connectivity index (χ1v) is 16.9. The highest BCUT2D eigenvalue weighted by molar-refractivity contribution is 7.92. The molecule has 1 fully saturated rings. The van der Waals surface area contributed by atoms with Gasteiger partial charge in [-0.15, -0.1) is 0 Å². The second-order valence-corrected chi connectivity index (χ2v) is 13.6. The number of nitrogens with one attached hydrogen (secondary N) is 1. The lowest BCUT2D eigenvalue weighted by molar-refractivity contribution is -0.140. The first-order valence-electron chi connectivity index (χ1n) is 15.1. The smallest absolute Gasteiger partial charge is 0.264 e. The van der Waals surface area contributed by atoms with Gasteiger partial charge < -0.3 is 10.2 Å². The van der Waals surface area contributed by atoms with Crippen LogP contribution in [-0.4, -0.2) is 50.3 Å². The normalized spacial score (nSPS) is 14.6. The van der Waals surface area contributed by atoms with Crippen molar-refractivity contribution in [3.63, 3.8) is 0 Å². The van der Waals surface area contributed by atoms with Crippen molar-refractivity contribution in [1.82, 2.24) is 10.2 Å². The maximum absolute atomic E-state index is 14.3. The van der Waals surface area contributed by atoms with Gasteiger partial charge in [0.05, 0.1) is 10.6 Å². The summed E-state index contributed by atoms with van der Waals surface area (Å²) in [6.45, 7) is 5.35. The molecule has 1 aliphatic carbocycles. The van der Waals surface area contributed by atoms with E-state index in [9.17, 15) is 18.0 Å². The third-order valence-corrected chi connectivity index (χ3v) is 10.2. The van der Waals surface area contributed by atoms with E-state index in [4.69, 9.17) is 11.6 Å². The number of nitrogens with zero attached hydrogens (tertiary/aromatic N) is 2. The molecule has 4 rings (SSSR count). The Kier molecular flexibility index (Phi) is 11.3. The fraction of sp³-hybridized carbons (Fsp3) is 0.412. The Bertz CT molecular complexity index is 1490. The zero-order chi connectivity index (χ0) is 31.0. The molecule has 1 atom stereocenters. The van der Waals surface area contributed by atoms with E-state index in [0.29, 0.717) is 29.1 Å². The highest BCUT2D eigenvalue weighted by atomic mass is 35.5. The van der Waals surface area contributed by atoms with Crippen molar-refractivity contribution in [2.75, 3.05) is 17.4 Å². The van der Waals surface area contributed by atoms with Crippen molar-refractivity contribution < 1.29 is 18.0 Å². The number of hydrogen-bond acceptors (Lipinski definition) is 4. The molecule has 1 N–H and O–H groups in total. The van der Waals surface area contributed by atoms with Crippen LogP contribution in [0.4, 0.5) is 5.69 Å². The first-order chi connectivity index (χ1) is 20.6. The summed E-state index contributed by atoms with van der Waals surface area (Å²) in [5, 5.41) is 3.54. The molecule has 0 spiro atoms. The fourth-order valence-corrected chi connectivity index (χ4v) is 7.28. The van der Waals surface area contributed by atoms with Crippen LogP contribution < -0.4 is 9.62 Å². The van der Waals surface area contributed by atoms with E-state index in [1.807, 2.05) is 44.2 Å². The summed E-state index contributed by atoms with van der Waals surface area (Å²) in [7, 11) is -4.15. The van der Waals surface area contributed by atoms with Gasteiger partial charge in [0.2, 0.25) is 11.8 Å². The quantitative estimate of drug-likeness (QED) is 0.251. The monoisotopic (exact) mass is 623 g/mol. The molecule has 0 aliphatic heterocycles. The minimum Gasteiger partial charge on any atom is -0.352 e. The van der Waals surface area contributed by atoms with Gasteiger partial charge in [-0.2, -0.15) is 0 Å². The molecule has 7 nitrogen and oxygen atoms in total. The van der Waals surface area contributed by atoms with Gasteiger partial charge in [-0.25, -0.2) is 8.42 Å². The van der Waals surface area contributed by atoms with E-state index < -0.39 is 28.5 Å². The summed E-state index contributed by atoms with van der Waals surface area (Å²) < 4.78 is 29.4. The van der Waals surface area contributed by atoms with E-state index >= 15 is 0 Å². The average Bonchev–Trinajstić information content (AvgIpc) is 3.00. The zero-order valence-electron chi connectivity index (χ0n) is 25.3. The number of amides is 2. The molecule has 0 aromatic heterocycles. The minimum atomic E-state index is -4.15. The number of benzene rings is 3. The number of aryl methyl sites for hydroxylation is 2. The molecular weight excluding hydrogens is 582 g/mol. The van der Waals surface area contributed by atoms with E-state index in [1.54, 1.807) is 54.3 Å². The van der Waals surface area contributed by atoms with Gasteiger partial charge in [0.1, 0.15) is 12.6 Å². The molecule has 0 saturated heterocycles. The van der Waals surface area contributed by atoms with E-state index in [2.05, 4.69) is 5.32 Å². The number of carbonyl (C=O) groups excluding carboxylic acids is 2. The Labute approximate surface area is 261 Å². The first kappa shape index (κ1) is 32.6. The molecule has 3 aromatic rings. The van der Waals surface area contributed by atoms with E-state index in [-0.39, 0.29) is 23.4 Å². The topological polar surface area (TPSA) is 86.8 Å². The molecule has 1 saturated carbocycles. The molecule has 3 aromatic carbocycles. The van der Waals surface area contributed by atoms with Crippen molar-refractivity contribution in [2.45, 2.75) is 82.7 Å². The standard InChI is InChI=1S/C34H42ClN3O4S/c1-4-31(34(40)36-29-13-9-6-10-14-29)37(22-21-27-11-7-5-8-12-27)33(39)24-38(32-23-28(35)18-17-26(32)3)43(41,42)30-19-15-25(2)16-20-30/h5,7-8,11-12,15-20,23,29,31H,4,6,9-10,13-14,21-22,24H2,1-3H3,(H,36,40)/t31-/m1/s1. The summed E-state index contributed by atoms with van der Waals surface area (Å²) in [6.07, 6.45) is 6.10. The number of anilines is 1. The molecular formula is C34H42ClN3O4S. The van der Waals surface area contributed by atoms with Gasteiger partial charge in [-0.1, -0.05) is 91.9 Å². The average molecular weight is 624 g/mol. The van der Waals surface area contributed by atoms with Crippen LogP contribution in [0.2, 0.25) is 5.02 Å². The van der Waals surface area contributed by atoms with E-state index in [0.717, 1.165) is 41.1 Å². The second-order valence-electron chi connectivity index (χ2n) is 11.3. The number of carbonyl (C=O) groups is 2. The molecule has 0 heterocycles. The largest absolute Gasteiger partial charge is 0.352 e. The molecule has 230 valence electrons. The maximum Gasteiger partial charge on any atom is 0.264 e. The third kappa shape index (κ3) is 8.39. The molecule has 2 amide bonds. The van der Waals surface area contributed by atoms with E-state index in [1.165, 1.54) is 6.42 Å². The molecule has 0 bridgehead atoms. The third-order valence-electron chi connectivity index (χ3n) is 8.15. The van der Waals surface area contributed by atoms with Crippen LogP contribution in [0.1, 0.15) is 62.1 Å². The minimum absolute atomic E-state index is 0.0724. The Balaban J connectivity index is 1.70. The molecule has 1 aliphatic rings. The van der Waals surface area contributed by atoms with Crippen LogP contribution in [0.15, 0.2) is 77.7 Å². The number of halogens is 1. The predicted octanol–water partition coefficient (Wildman–Crippen LogP) is 6.45. The predicted molar refractivity (Wildman–Crippen MR) is 173 cm³/mol. The van der Waals surface area contributed by atoms with Crippen LogP contribution in [0.25, 0.3) is 0 Å². The van der Waals surface area contributed by atoms with Crippen molar-refractivity contribution in [3.05, 3.63) is 94.5 Å². The maximum atomic E-state index is 14.3. The summed E-state index contributed by atoms with van der Waals surface area (Å²) in [6, 6.07) is 20.7. The lowest BCUT2D eigenvalue weighted by Crippen LogP contribution is -2.54. The Morgan fingerprint density at radius 1 is 0.953 bits per heavy atom. The van der Waals surface area contributed by atoms with Crippen LogP contribution in [0.5, 0.6) is 0 Å². The highest BCUT2D eigenvalue weighted by Gasteiger charge is 2.34. The van der Waals surface area contributed by atoms with Crippen molar-refractivity contribution >= 4 is 39.1 Å². The Morgan fingerprint density at radius 3 is 2.28 bits per heavy atom. The van der Waals surface area contributed by atoms with Gasteiger partial charge in [0.25, 0.3) is 10.0 Å². The lowest BCUT2D eigenvalue weighted by Gasteiger charge is -2.34. The molecule has 0 unspecified atom stereocenters. The fourth-order valence-electron chi connectivity index (χ4n) is 5.64. The van der Waals surface area contributed by atoms with Crippen LogP contribution in [0.3, 0.4) is 0 Å². The lowest BCUT2D eigenvalue weighted by atomic mass is 9.95. The highest BCUT2D eigenvalue weighted by Crippen LogP contribution is 2.30. The van der Waals surface area contributed by atoms with Crippen molar-refractivity contribution in [1.29, 1.82) is 0 Å². The summed E-state index contributed by atoms with van der Waals surface area (Å²) in [5.74, 6) is -0.640. The van der Waals surface area contributed by atoms with Gasteiger partial charge in [-0.05, 0) is 74.9 Å². The summed E-state index contributed by atoms with van der Waals surface area (Å²) >= 11 is 6.33. The number of hydrogen-bond donors (Lipinski definition) is 1. The van der Waals surface area contributed by atoms with Crippen LogP contribution in [0, 0.1) is 13.8 Å². The van der Waals surface area contributed by atoms with Gasteiger partial charge in [-0.3, -0.25) is 13.9 Å². The zero-order valence-corrected chi connectivity index (χ0v) is 26.8. The number of sulfonamides is 1. The Morgan fingerprint density at radius 2 is 1.63 bits per heavy atom. The van der Waals surface area contributed by atoms with Gasteiger partial charge in [0, 0.05) is 17.6 Å². The second kappa shape index (κ2) is 14.9. The van der Waals surface area contributed by atoms with Crippen molar-refractivity contribution in [2.24, 2.45) is 0 Å². The number of rotatable bonds is 12. The van der Waals surface area contributed by atoms with Crippen molar-refractivity contribution in [3.8, 4) is 0 Å².